The normalized spacial score (nSPS) is 12.0. The van der Waals surface area contributed by atoms with Crippen molar-refractivity contribution >= 4 is 16.5 Å². The lowest BCUT2D eigenvalue weighted by Crippen LogP contribution is -2.14. The van der Waals surface area contributed by atoms with Crippen molar-refractivity contribution in [1.29, 1.82) is 0 Å². The van der Waals surface area contributed by atoms with Crippen LogP contribution in [0.4, 0.5) is 5.69 Å². The topological polar surface area (TPSA) is 24.9 Å². The summed E-state index contributed by atoms with van der Waals surface area (Å²) in [5.41, 5.74) is 4.61. The van der Waals surface area contributed by atoms with Gasteiger partial charge in [-0.2, -0.15) is 0 Å². The lowest BCUT2D eigenvalue weighted by Gasteiger charge is -2.22. The van der Waals surface area contributed by atoms with Crippen LogP contribution in [0.3, 0.4) is 0 Å². The van der Waals surface area contributed by atoms with E-state index >= 15 is 0 Å². The number of hydrogen-bond acceptors (Lipinski definition) is 2. The molecule has 0 saturated heterocycles. The molecule has 0 radical (unpaired) electrons. The first-order valence-electron chi connectivity index (χ1n) is 8.54. The number of pyridine rings is 1. The van der Waals surface area contributed by atoms with E-state index in [-0.39, 0.29) is 6.04 Å². The first-order chi connectivity index (χ1) is 12.3. The number of anilines is 1. The summed E-state index contributed by atoms with van der Waals surface area (Å²) < 4.78 is 0. The van der Waals surface area contributed by atoms with Crippen LogP contribution in [0.5, 0.6) is 0 Å². The number of benzene rings is 3. The Balaban J connectivity index is 1.84. The first kappa shape index (κ1) is 15.4. The molecule has 0 saturated carbocycles. The van der Waals surface area contributed by atoms with E-state index in [1.165, 1.54) is 21.9 Å². The van der Waals surface area contributed by atoms with Crippen LogP contribution in [0.25, 0.3) is 10.8 Å². The number of aromatic nitrogens is 1. The van der Waals surface area contributed by atoms with Gasteiger partial charge in [0, 0.05) is 17.3 Å². The largest absolute Gasteiger partial charge is 0.372 e. The van der Waals surface area contributed by atoms with Crippen LogP contribution < -0.4 is 5.32 Å². The molecule has 4 aromatic rings. The van der Waals surface area contributed by atoms with Crippen LogP contribution in [0, 0.1) is 6.92 Å². The third-order valence-corrected chi connectivity index (χ3v) is 4.54. The predicted molar refractivity (Wildman–Crippen MR) is 105 cm³/mol. The molecule has 1 heterocycles. The van der Waals surface area contributed by atoms with E-state index in [0.29, 0.717) is 0 Å². The van der Waals surface area contributed by atoms with Gasteiger partial charge in [-0.25, -0.2) is 0 Å². The van der Waals surface area contributed by atoms with Crippen molar-refractivity contribution in [3.8, 4) is 0 Å². The Morgan fingerprint density at radius 2 is 1.52 bits per heavy atom. The zero-order valence-electron chi connectivity index (χ0n) is 14.2. The van der Waals surface area contributed by atoms with E-state index in [4.69, 9.17) is 0 Å². The third-order valence-electron chi connectivity index (χ3n) is 4.54. The Morgan fingerprint density at radius 3 is 2.32 bits per heavy atom. The van der Waals surface area contributed by atoms with E-state index < -0.39 is 0 Å². The van der Waals surface area contributed by atoms with Crippen LogP contribution in [-0.4, -0.2) is 4.98 Å². The average Bonchev–Trinajstić information content (AvgIpc) is 2.69. The Kier molecular flexibility index (Phi) is 4.17. The van der Waals surface area contributed by atoms with Crippen molar-refractivity contribution in [2.24, 2.45) is 0 Å². The van der Waals surface area contributed by atoms with Crippen LogP contribution in [0.2, 0.25) is 0 Å². The van der Waals surface area contributed by atoms with Gasteiger partial charge in [-0.1, -0.05) is 72.8 Å². The van der Waals surface area contributed by atoms with E-state index in [1.54, 1.807) is 0 Å². The van der Waals surface area contributed by atoms with Crippen LogP contribution in [0.1, 0.15) is 22.9 Å². The zero-order chi connectivity index (χ0) is 17.1. The minimum atomic E-state index is 0.00639. The van der Waals surface area contributed by atoms with Gasteiger partial charge in [-0.15, -0.1) is 0 Å². The maximum atomic E-state index is 4.60. The smallest absolute Gasteiger partial charge is 0.0940 e. The number of aryl methyl sites for hydroxylation is 1. The molecule has 1 N–H and O–H groups in total. The van der Waals surface area contributed by atoms with Gasteiger partial charge in [0.25, 0.3) is 0 Å². The van der Waals surface area contributed by atoms with Gasteiger partial charge in [0.15, 0.2) is 0 Å². The number of hydrogen-bond donors (Lipinski definition) is 1. The summed E-state index contributed by atoms with van der Waals surface area (Å²) in [6.45, 7) is 2.15. The molecule has 1 atom stereocenters. The quantitative estimate of drug-likeness (QED) is 0.517. The molecular weight excluding hydrogens is 304 g/mol. The second-order valence-corrected chi connectivity index (χ2v) is 6.22. The van der Waals surface area contributed by atoms with Crippen molar-refractivity contribution < 1.29 is 0 Å². The summed E-state index contributed by atoms with van der Waals surface area (Å²) in [4.78, 5) is 4.60. The van der Waals surface area contributed by atoms with Gasteiger partial charge < -0.3 is 5.32 Å². The molecule has 0 aliphatic heterocycles. The minimum Gasteiger partial charge on any atom is -0.372 e. The fourth-order valence-electron chi connectivity index (χ4n) is 3.24. The summed E-state index contributed by atoms with van der Waals surface area (Å²) >= 11 is 0. The second-order valence-electron chi connectivity index (χ2n) is 6.22. The number of nitrogens with one attached hydrogen (secondary N) is 1. The number of rotatable bonds is 4. The second kappa shape index (κ2) is 6.78. The summed E-state index contributed by atoms with van der Waals surface area (Å²) in [5, 5.41) is 6.24. The highest BCUT2D eigenvalue weighted by atomic mass is 15.0. The third kappa shape index (κ3) is 3.11. The molecule has 3 aromatic carbocycles. The number of nitrogens with zero attached hydrogens (tertiary/aromatic N) is 1. The predicted octanol–water partition coefficient (Wildman–Crippen LogP) is 5.74. The first-order valence-corrected chi connectivity index (χ1v) is 8.54. The highest BCUT2D eigenvalue weighted by Gasteiger charge is 2.17. The van der Waals surface area contributed by atoms with Gasteiger partial charge in [0.05, 0.1) is 11.7 Å². The molecule has 2 nitrogen and oxygen atoms in total. The Bertz CT molecular complexity index is 939. The summed E-state index contributed by atoms with van der Waals surface area (Å²) in [5.74, 6) is 0. The minimum absolute atomic E-state index is 0.00639. The fraction of sp³-hybridized carbons (Fsp3) is 0.0870. The Labute approximate surface area is 148 Å². The van der Waals surface area contributed by atoms with Crippen molar-refractivity contribution in [2.75, 3.05) is 5.32 Å². The standard InChI is InChI=1S/C23H20N2/c1-17-14-15-18-9-5-6-12-20(18)22(17)25-23(19-10-3-2-4-11-19)21-13-7-8-16-24-21/h2-16,23,25H,1H3. The summed E-state index contributed by atoms with van der Waals surface area (Å²) in [6, 6.07) is 29.4. The van der Waals surface area contributed by atoms with Crippen LogP contribution >= 0.6 is 0 Å². The van der Waals surface area contributed by atoms with Crippen molar-refractivity contribution in [2.45, 2.75) is 13.0 Å². The van der Waals surface area contributed by atoms with Crippen LogP contribution in [-0.2, 0) is 0 Å². The summed E-state index contributed by atoms with van der Waals surface area (Å²) in [7, 11) is 0. The van der Waals surface area contributed by atoms with Gasteiger partial charge in [-0.05, 0) is 35.6 Å². The van der Waals surface area contributed by atoms with E-state index in [2.05, 4.69) is 84.0 Å². The van der Waals surface area contributed by atoms with Crippen molar-refractivity contribution in [3.05, 3.63) is 108 Å². The lowest BCUT2D eigenvalue weighted by atomic mass is 9.99. The Hall–Kier alpha value is -3.13. The SMILES string of the molecule is Cc1ccc2ccccc2c1NC(c1ccccc1)c1ccccn1. The highest BCUT2D eigenvalue weighted by Crippen LogP contribution is 2.32. The highest BCUT2D eigenvalue weighted by molar-refractivity contribution is 5.95. The average molecular weight is 324 g/mol. The summed E-state index contributed by atoms with van der Waals surface area (Å²) in [6.07, 6.45) is 1.85. The molecule has 0 aliphatic rings. The van der Waals surface area contributed by atoms with E-state index in [0.717, 1.165) is 11.4 Å². The molecular formula is C23H20N2. The maximum Gasteiger partial charge on any atom is 0.0940 e. The molecule has 2 heteroatoms. The molecule has 122 valence electrons. The van der Waals surface area contributed by atoms with E-state index in [1.807, 2.05) is 24.4 Å². The molecule has 0 spiro atoms. The number of fused-ring (bicyclic) bond motifs is 1. The molecule has 4 rings (SSSR count). The molecule has 25 heavy (non-hydrogen) atoms. The molecule has 1 unspecified atom stereocenters. The molecule has 0 bridgehead atoms. The Morgan fingerprint density at radius 1 is 0.760 bits per heavy atom. The van der Waals surface area contributed by atoms with E-state index in [9.17, 15) is 0 Å². The van der Waals surface area contributed by atoms with Gasteiger partial charge in [-0.3, -0.25) is 4.98 Å². The lowest BCUT2D eigenvalue weighted by molar-refractivity contribution is 0.887. The fourth-order valence-corrected chi connectivity index (χ4v) is 3.24. The maximum absolute atomic E-state index is 4.60. The monoisotopic (exact) mass is 324 g/mol. The van der Waals surface area contributed by atoms with Crippen molar-refractivity contribution in [1.82, 2.24) is 4.98 Å². The molecule has 1 aromatic heterocycles. The molecule has 0 aliphatic carbocycles. The zero-order valence-corrected chi connectivity index (χ0v) is 14.2. The van der Waals surface area contributed by atoms with Crippen molar-refractivity contribution in [3.63, 3.8) is 0 Å². The molecule has 0 amide bonds. The molecule has 0 fully saturated rings. The van der Waals surface area contributed by atoms with Gasteiger partial charge >= 0.3 is 0 Å². The van der Waals surface area contributed by atoms with Gasteiger partial charge in [0.1, 0.15) is 0 Å². The van der Waals surface area contributed by atoms with Crippen LogP contribution in [0.15, 0.2) is 91.1 Å². The van der Waals surface area contributed by atoms with Gasteiger partial charge in [0.2, 0.25) is 0 Å².